The fourth-order valence-electron chi connectivity index (χ4n) is 2.32. The summed E-state index contributed by atoms with van der Waals surface area (Å²) in [5.74, 6) is 2.90. The molecular weight excluding hydrogens is 286 g/mol. The zero-order valence-corrected chi connectivity index (χ0v) is 13.7. The maximum absolute atomic E-state index is 4.56. The van der Waals surface area contributed by atoms with Gasteiger partial charge in [-0.2, -0.15) is 0 Å². The van der Waals surface area contributed by atoms with E-state index in [1.165, 1.54) is 0 Å². The molecule has 5 heteroatoms. The Morgan fingerprint density at radius 2 is 1.91 bits per heavy atom. The first-order valence-electron chi connectivity index (χ1n) is 7.80. The molecule has 0 aliphatic carbocycles. The van der Waals surface area contributed by atoms with Crippen LogP contribution in [0.15, 0.2) is 42.6 Å². The second-order valence-electron chi connectivity index (χ2n) is 5.88. The molecule has 3 rings (SSSR count). The van der Waals surface area contributed by atoms with Crippen LogP contribution < -0.4 is 5.32 Å². The Labute approximate surface area is 136 Å². The van der Waals surface area contributed by atoms with Crippen molar-refractivity contribution in [2.24, 2.45) is 0 Å². The molecule has 23 heavy (non-hydrogen) atoms. The summed E-state index contributed by atoms with van der Waals surface area (Å²) in [5, 5.41) is 3.34. The largest absolute Gasteiger partial charge is 0.364 e. The van der Waals surface area contributed by atoms with Crippen molar-refractivity contribution in [3.8, 4) is 11.4 Å². The molecule has 118 valence electrons. The number of anilines is 1. The number of aryl methyl sites for hydroxylation is 1. The van der Waals surface area contributed by atoms with Crippen LogP contribution in [-0.2, 0) is 6.54 Å². The standard InChI is InChI=1S/C18H21N5/c1-12(2)17-21-13(3)9-16(23-17)19-10-15-11-20-18(22-15)14-7-5-4-6-8-14/h4-9,11-12H,10H2,1-3H3,(H,20,22)(H,19,21,23). The molecule has 0 unspecified atom stereocenters. The SMILES string of the molecule is Cc1cc(NCc2cnc(-c3ccccc3)[nH]2)nc(C(C)C)n1. The fraction of sp³-hybridized carbons (Fsp3) is 0.278. The molecule has 0 aliphatic heterocycles. The molecule has 5 nitrogen and oxygen atoms in total. The highest BCUT2D eigenvalue weighted by Gasteiger charge is 2.07. The van der Waals surface area contributed by atoms with Crippen molar-refractivity contribution in [2.45, 2.75) is 33.2 Å². The van der Waals surface area contributed by atoms with E-state index in [2.05, 4.69) is 39.1 Å². The zero-order chi connectivity index (χ0) is 16.2. The van der Waals surface area contributed by atoms with E-state index in [4.69, 9.17) is 0 Å². The highest BCUT2D eigenvalue weighted by Crippen LogP contribution is 2.16. The second-order valence-corrected chi connectivity index (χ2v) is 5.88. The molecule has 0 fully saturated rings. The van der Waals surface area contributed by atoms with Crippen molar-refractivity contribution in [3.05, 3.63) is 59.8 Å². The van der Waals surface area contributed by atoms with Gasteiger partial charge in [0.2, 0.25) is 0 Å². The summed E-state index contributed by atoms with van der Waals surface area (Å²) in [5.41, 5.74) is 3.07. The summed E-state index contributed by atoms with van der Waals surface area (Å²) in [6.45, 7) is 6.83. The van der Waals surface area contributed by atoms with E-state index in [0.717, 1.165) is 34.4 Å². The Morgan fingerprint density at radius 3 is 2.65 bits per heavy atom. The predicted octanol–water partition coefficient (Wildman–Crippen LogP) is 3.91. The van der Waals surface area contributed by atoms with Gasteiger partial charge in [-0.3, -0.25) is 0 Å². The third kappa shape index (κ3) is 3.74. The second kappa shape index (κ2) is 6.60. The summed E-state index contributed by atoms with van der Waals surface area (Å²) in [7, 11) is 0. The number of hydrogen-bond acceptors (Lipinski definition) is 4. The Morgan fingerprint density at radius 1 is 1.13 bits per heavy atom. The van der Waals surface area contributed by atoms with E-state index in [1.807, 2.05) is 49.5 Å². The highest BCUT2D eigenvalue weighted by molar-refractivity contribution is 5.54. The van der Waals surface area contributed by atoms with Gasteiger partial charge >= 0.3 is 0 Å². The summed E-state index contributed by atoms with van der Waals surface area (Å²) in [6, 6.07) is 12.1. The molecule has 0 amide bonds. The van der Waals surface area contributed by atoms with Crippen LogP contribution in [0.1, 0.15) is 37.0 Å². The van der Waals surface area contributed by atoms with Gasteiger partial charge in [0.05, 0.1) is 18.4 Å². The molecule has 2 aromatic heterocycles. The van der Waals surface area contributed by atoms with Gasteiger partial charge < -0.3 is 10.3 Å². The molecular formula is C18H21N5. The number of aromatic amines is 1. The summed E-state index contributed by atoms with van der Waals surface area (Å²) in [6.07, 6.45) is 1.85. The minimum atomic E-state index is 0.312. The van der Waals surface area contributed by atoms with Gasteiger partial charge in [0.15, 0.2) is 0 Å². The lowest BCUT2D eigenvalue weighted by Gasteiger charge is -2.09. The van der Waals surface area contributed by atoms with E-state index in [0.29, 0.717) is 12.5 Å². The predicted molar refractivity (Wildman–Crippen MR) is 92.2 cm³/mol. The molecule has 0 atom stereocenters. The molecule has 0 spiro atoms. The van der Waals surface area contributed by atoms with Crippen molar-refractivity contribution < 1.29 is 0 Å². The molecule has 0 saturated heterocycles. The van der Waals surface area contributed by atoms with Crippen molar-refractivity contribution in [3.63, 3.8) is 0 Å². The maximum Gasteiger partial charge on any atom is 0.137 e. The van der Waals surface area contributed by atoms with E-state index in [9.17, 15) is 0 Å². The van der Waals surface area contributed by atoms with Gasteiger partial charge in [-0.15, -0.1) is 0 Å². The van der Waals surface area contributed by atoms with E-state index in [-0.39, 0.29) is 0 Å². The summed E-state index contributed by atoms with van der Waals surface area (Å²) in [4.78, 5) is 16.8. The van der Waals surface area contributed by atoms with E-state index in [1.54, 1.807) is 0 Å². The van der Waals surface area contributed by atoms with Crippen LogP contribution in [0.5, 0.6) is 0 Å². The average Bonchev–Trinajstić information content (AvgIpc) is 3.02. The first-order valence-corrected chi connectivity index (χ1v) is 7.80. The van der Waals surface area contributed by atoms with Crippen LogP contribution in [0.25, 0.3) is 11.4 Å². The van der Waals surface area contributed by atoms with Crippen molar-refractivity contribution in [1.82, 2.24) is 19.9 Å². The third-order valence-corrected chi connectivity index (χ3v) is 3.52. The van der Waals surface area contributed by atoms with Crippen molar-refractivity contribution >= 4 is 5.82 Å². The summed E-state index contributed by atoms with van der Waals surface area (Å²) >= 11 is 0. The van der Waals surface area contributed by atoms with Gasteiger partial charge in [0.25, 0.3) is 0 Å². The van der Waals surface area contributed by atoms with Gasteiger partial charge in [-0.05, 0) is 6.92 Å². The molecule has 0 aliphatic rings. The smallest absolute Gasteiger partial charge is 0.137 e. The van der Waals surface area contributed by atoms with Gasteiger partial charge in [-0.25, -0.2) is 15.0 Å². The lowest BCUT2D eigenvalue weighted by molar-refractivity contribution is 0.766. The van der Waals surface area contributed by atoms with Crippen molar-refractivity contribution in [2.75, 3.05) is 5.32 Å². The number of nitrogens with zero attached hydrogens (tertiary/aromatic N) is 3. The third-order valence-electron chi connectivity index (χ3n) is 3.52. The Balaban J connectivity index is 1.71. The minimum Gasteiger partial charge on any atom is -0.364 e. The fourth-order valence-corrected chi connectivity index (χ4v) is 2.32. The van der Waals surface area contributed by atoms with Crippen LogP contribution in [0.3, 0.4) is 0 Å². The molecule has 2 N–H and O–H groups in total. The van der Waals surface area contributed by atoms with Crippen LogP contribution in [-0.4, -0.2) is 19.9 Å². The number of nitrogens with one attached hydrogen (secondary N) is 2. The number of imidazole rings is 1. The first kappa shape index (κ1) is 15.2. The molecule has 0 radical (unpaired) electrons. The number of aromatic nitrogens is 4. The number of H-pyrrole nitrogens is 1. The lowest BCUT2D eigenvalue weighted by Crippen LogP contribution is -2.06. The van der Waals surface area contributed by atoms with Crippen LogP contribution >= 0.6 is 0 Å². The van der Waals surface area contributed by atoms with Crippen LogP contribution in [0.2, 0.25) is 0 Å². The Bertz CT molecular complexity index is 777. The van der Waals surface area contributed by atoms with E-state index < -0.39 is 0 Å². The van der Waals surface area contributed by atoms with Crippen LogP contribution in [0.4, 0.5) is 5.82 Å². The van der Waals surface area contributed by atoms with Crippen molar-refractivity contribution in [1.29, 1.82) is 0 Å². The van der Waals surface area contributed by atoms with Crippen LogP contribution in [0, 0.1) is 6.92 Å². The van der Waals surface area contributed by atoms with E-state index >= 15 is 0 Å². The normalized spacial score (nSPS) is 11.0. The van der Waals surface area contributed by atoms with Gasteiger partial charge in [-0.1, -0.05) is 44.2 Å². The first-order chi connectivity index (χ1) is 11.1. The Hall–Kier alpha value is -2.69. The average molecular weight is 307 g/mol. The maximum atomic E-state index is 4.56. The molecule has 2 heterocycles. The number of hydrogen-bond donors (Lipinski definition) is 2. The minimum absolute atomic E-state index is 0.312. The van der Waals surface area contributed by atoms with Gasteiger partial charge in [0, 0.05) is 23.2 Å². The van der Waals surface area contributed by atoms with Gasteiger partial charge in [0.1, 0.15) is 17.5 Å². The summed E-state index contributed by atoms with van der Waals surface area (Å²) < 4.78 is 0. The number of benzene rings is 1. The molecule has 0 saturated carbocycles. The molecule has 1 aromatic carbocycles. The molecule has 3 aromatic rings. The Kier molecular flexibility index (Phi) is 4.37. The quantitative estimate of drug-likeness (QED) is 0.750. The molecule has 0 bridgehead atoms. The topological polar surface area (TPSA) is 66.5 Å². The highest BCUT2D eigenvalue weighted by atomic mass is 15.0. The lowest BCUT2D eigenvalue weighted by atomic mass is 10.2. The zero-order valence-electron chi connectivity index (χ0n) is 13.7. The number of rotatable bonds is 5. The monoisotopic (exact) mass is 307 g/mol.